The molecule has 0 fully saturated rings. The van der Waals surface area contributed by atoms with Crippen molar-refractivity contribution in [1.29, 1.82) is 0 Å². The van der Waals surface area contributed by atoms with Crippen LogP contribution in [0.4, 0.5) is 14.5 Å². The quantitative estimate of drug-likeness (QED) is 0.797. The lowest BCUT2D eigenvalue weighted by Crippen LogP contribution is -2.31. The van der Waals surface area contributed by atoms with E-state index in [1.807, 2.05) is 0 Å². The molecule has 1 aromatic carbocycles. The van der Waals surface area contributed by atoms with Crippen LogP contribution in [0, 0.1) is 0 Å². The fourth-order valence-corrected chi connectivity index (χ4v) is 1.82. The number of hydrogen-bond donors (Lipinski definition) is 0. The smallest absolute Gasteiger partial charge is 0.395 e. The lowest BCUT2D eigenvalue weighted by Gasteiger charge is -2.19. The molecule has 0 bridgehead atoms. The van der Waals surface area contributed by atoms with E-state index >= 15 is 0 Å². The topological polar surface area (TPSA) is 38.8 Å². The fraction of sp³-hybridized carbons (Fsp3) is 0.364. The van der Waals surface area contributed by atoms with Crippen molar-refractivity contribution in [2.24, 2.45) is 0 Å². The number of amides is 1. The second kappa shape index (κ2) is 4.61. The zero-order chi connectivity index (χ0) is 13.3. The van der Waals surface area contributed by atoms with Crippen molar-refractivity contribution in [3.63, 3.8) is 0 Å². The third-order valence-electron chi connectivity index (χ3n) is 2.43. The largest absolute Gasteiger partial charge is 0.586 e. The second-order valence-corrected chi connectivity index (χ2v) is 3.84. The molecule has 7 heteroatoms. The summed E-state index contributed by atoms with van der Waals surface area (Å²) in [6.45, 7) is 2.13. The average Bonchev–Trinajstić information content (AvgIpc) is 2.62. The van der Waals surface area contributed by atoms with Crippen LogP contribution in [0.1, 0.15) is 6.92 Å². The van der Waals surface area contributed by atoms with Gasteiger partial charge in [0.15, 0.2) is 11.5 Å². The van der Waals surface area contributed by atoms with E-state index in [2.05, 4.69) is 9.47 Å². The number of hydrogen-bond acceptors (Lipinski definition) is 3. The maximum atomic E-state index is 12.8. The molecule has 18 heavy (non-hydrogen) atoms. The lowest BCUT2D eigenvalue weighted by atomic mass is 10.2. The Bertz CT molecular complexity index is 481. The Morgan fingerprint density at radius 1 is 1.39 bits per heavy atom. The molecule has 2 rings (SSSR count). The number of ether oxygens (including phenoxy) is 2. The highest BCUT2D eigenvalue weighted by atomic mass is 35.5. The Kier molecular flexibility index (Phi) is 3.30. The summed E-state index contributed by atoms with van der Waals surface area (Å²) in [5.74, 6) is -0.653. The normalized spacial score (nSPS) is 15.6. The van der Waals surface area contributed by atoms with Crippen LogP contribution < -0.4 is 14.4 Å². The van der Waals surface area contributed by atoms with Crippen LogP contribution >= 0.6 is 11.6 Å². The first-order valence-corrected chi connectivity index (χ1v) is 5.76. The van der Waals surface area contributed by atoms with E-state index < -0.39 is 6.29 Å². The van der Waals surface area contributed by atoms with Gasteiger partial charge in [-0.3, -0.25) is 4.79 Å². The Labute approximate surface area is 107 Å². The number of nitrogens with zero attached hydrogens (tertiary/aromatic N) is 1. The molecular weight excluding hydrogens is 268 g/mol. The Hall–Kier alpha value is -1.56. The van der Waals surface area contributed by atoms with Gasteiger partial charge in [-0.1, -0.05) is 0 Å². The minimum atomic E-state index is -3.66. The summed E-state index contributed by atoms with van der Waals surface area (Å²) < 4.78 is 34.2. The van der Waals surface area contributed by atoms with Gasteiger partial charge in [0, 0.05) is 18.3 Å². The highest BCUT2D eigenvalue weighted by Crippen LogP contribution is 2.42. The number of carbonyl (C=O) groups is 1. The number of benzene rings is 1. The molecule has 0 atom stereocenters. The number of fused-ring (bicyclic) bond motifs is 1. The van der Waals surface area contributed by atoms with E-state index in [1.54, 1.807) is 6.92 Å². The number of carbonyl (C=O) groups excluding carboxylic acids is 1. The summed E-state index contributed by atoms with van der Waals surface area (Å²) in [5, 5.41) is 0. The summed E-state index contributed by atoms with van der Waals surface area (Å²) in [4.78, 5) is 12.9. The van der Waals surface area contributed by atoms with Crippen molar-refractivity contribution in [2.75, 3.05) is 17.3 Å². The Morgan fingerprint density at radius 3 is 2.67 bits per heavy atom. The molecular formula is C11H10ClF2NO3. The van der Waals surface area contributed by atoms with Gasteiger partial charge in [0.05, 0.1) is 0 Å². The highest BCUT2D eigenvalue weighted by Gasteiger charge is 2.43. The highest BCUT2D eigenvalue weighted by molar-refractivity contribution is 6.29. The summed E-state index contributed by atoms with van der Waals surface area (Å²) in [6.07, 6.45) is -3.66. The standard InChI is InChI=1S/C11H10ClF2NO3/c1-2-15(10(16)6-12)7-3-4-8-9(5-7)18-11(13,14)17-8/h3-5H,2,6H2,1H3. The van der Waals surface area contributed by atoms with Crippen molar-refractivity contribution >= 4 is 23.2 Å². The van der Waals surface area contributed by atoms with E-state index in [4.69, 9.17) is 11.6 Å². The molecule has 1 heterocycles. The zero-order valence-electron chi connectivity index (χ0n) is 9.45. The van der Waals surface area contributed by atoms with E-state index in [-0.39, 0.29) is 23.3 Å². The van der Waals surface area contributed by atoms with Gasteiger partial charge in [-0.15, -0.1) is 20.4 Å². The predicted molar refractivity (Wildman–Crippen MR) is 61.4 cm³/mol. The number of halogens is 3. The van der Waals surface area contributed by atoms with Gasteiger partial charge >= 0.3 is 6.29 Å². The maximum absolute atomic E-state index is 12.8. The molecule has 4 nitrogen and oxygen atoms in total. The van der Waals surface area contributed by atoms with Crippen LogP contribution in [0.5, 0.6) is 11.5 Å². The zero-order valence-corrected chi connectivity index (χ0v) is 10.2. The van der Waals surface area contributed by atoms with Crippen LogP contribution in [0.2, 0.25) is 0 Å². The monoisotopic (exact) mass is 277 g/mol. The molecule has 0 unspecified atom stereocenters. The summed E-state index contributed by atoms with van der Waals surface area (Å²) >= 11 is 5.47. The molecule has 98 valence electrons. The SMILES string of the molecule is CCN(C(=O)CCl)c1ccc2c(c1)OC(F)(F)O2. The minimum absolute atomic E-state index is 0.0573. The third-order valence-corrected chi connectivity index (χ3v) is 2.66. The van der Waals surface area contributed by atoms with Crippen molar-refractivity contribution < 1.29 is 23.0 Å². The Morgan fingerprint density at radius 2 is 2.06 bits per heavy atom. The van der Waals surface area contributed by atoms with Gasteiger partial charge < -0.3 is 14.4 Å². The van der Waals surface area contributed by atoms with Gasteiger partial charge in [0.2, 0.25) is 5.91 Å². The van der Waals surface area contributed by atoms with Gasteiger partial charge in [-0.05, 0) is 19.1 Å². The van der Waals surface area contributed by atoms with E-state index in [9.17, 15) is 13.6 Å². The van der Waals surface area contributed by atoms with Crippen LogP contribution in [0.3, 0.4) is 0 Å². The average molecular weight is 278 g/mol. The van der Waals surface area contributed by atoms with E-state index in [1.165, 1.54) is 23.1 Å². The lowest BCUT2D eigenvalue weighted by molar-refractivity contribution is -0.286. The molecule has 1 aliphatic heterocycles. The minimum Gasteiger partial charge on any atom is -0.395 e. The summed E-state index contributed by atoms with van der Waals surface area (Å²) in [6, 6.07) is 4.15. The number of alkyl halides is 3. The molecule has 0 aliphatic carbocycles. The molecule has 1 amide bonds. The van der Waals surface area contributed by atoms with Crippen LogP contribution in [-0.4, -0.2) is 24.6 Å². The van der Waals surface area contributed by atoms with Crippen LogP contribution in [-0.2, 0) is 4.79 Å². The van der Waals surface area contributed by atoms with Crippen molar-refractivity contribution in [3.8, 4) is 11.5 Å². The fourth-order valence-electron chi connectivity index (χ4n) is 1.68. The molecule has 0 saturated heterocycles. The predicted octanol–water partition coefficient (Wildman–Crippen LogP) is 2.60. The summed E-state index contributed by atoms with van der Waals surface area (Å²) in [7, 11) is 0. The van der Waals surface area contributed by atoms with Gasteiger partial charge in [-0.2, -0.15) is 0 Å². The molecule has 0 spiro atoms. The van der Waals surface area contributed by atoms with Gasteiger partial charge in [0.25, 0.3) is 0 Å². The maximum Gasteiger partial charge on any atom is 0.586 e. The second-order valence-electron chi connectivity index (χ2n) is 3.57. The van der Waals surface area contributed by atoms with Crippen LogP contribution in [0.15, 0.2) is 18.2 Å². The summed E-state index contributed by atoms with van der Waals surface area (Å²) in [5.41, 5.74) is 0.434. The molecule has 0 saturated carbocycles. The molecule has 1 aromatic rings. The first kappa shape index (κ1) is 12.9. The van der Waals surface area contributed by atoms with Crippen molar-refractivity contribution in [1.82, 2.24) is 0 Å². The number of rotatable bonds is 3. The first-order chi connectivity index (χ1) is 8.46. The van der Waals surface area contributed by atoms with E-state index in [0.717, 1.165) is 0 Å². The van der Waals surface area contributed by atoms with Gasteiger partial charge in [0.1, 0.15) is 5.88 Å². The van der Waals surface area contributed by atoms with Crippen molar-refractivity contribution in [2.45, 2.75) is 13.2 Å². The molecule has 0 aromatic heterocycles. The first-order valence-electron chi connectivity index (χ1n) is 5.23. The Balaban J connectivity index is 2.30. The molecule has 0 radical (unpaired) electrons. The molecule has 1 aliphatic rings. The van der Waals surface area contributed by atoms with E-state index in [0.29, 0.717) is 12.2 Å². The van der Waals surface area contributed by atoms with Crippen molar-refractivity contribution in [3.05, 3.63) is 18.2 Å². The molecule has 0 N–H and O–H groups in total. The van der Waals surface area contributed by atoms with Gasteiger partial charge in [-0.25, -0.2) is 0 Å². The third kappa shape index (κ3) is 2.33. The number of anilines is 1. The van der Waals surface area contributed by atoms with Crippen LogP contribution in [0.25, 0.3) is 0 Å².